The molecule has 0 radical (unpaired) electrons. The van der Waals surface area contributed by atoms with Crippen molar-refractivity contribution in [2.45, 2.75) is 39.7 Å². The Kier molecular flexibility index (Phi) is 5.98. The van der Waals surface area contributed by atoms with Gasteiger partial charge in [-0.05, 0) is 40.7 Å². The molecule has 20 heavy (non-hydrogen) atoms. The number of nitrogens with two attached hydrogens (primary N) is 1. The highest BCUT2D eigenvalue weighted by Gasteiger charge is 2.42. The monoisotopic (exact) mass is 285 g/mol. The number of amides is 1. The molecule has 5 heteroatoms. The molecule has 0 atom stereocenters. The van der Waals surface area contributed by atoms with Gasteiger partial charge in [0.15, 0.2) is 0 Å². The van der Waals surface area contributed by atoms with E-state index in [9.17, 15) is 4.79 Å². The van der Waals surface area contributed by atoms with Crippen LogP contribution in [0, 0.1) is 5.41 Å². The summed E-state index contributed by atoms with van der Waals surface area (Å²) in [5, 5.41) is 0. The molecule has 0 aliphatic carbocycles. The highest BCUT2D eigenvalue weighted by molar-refractivity contribution is 5.83. The van der Waals surface area contributed by atoms with Crippen LogP contribution < -0.4 is 5.73 Å². The van der Waals surface area contributed by atoms with Crippen LogP contribution in [-0.2, 0) is 9.53 Å². The summed E-state index contributed by atoms with van der Waals surface area (Å²) in [6, 6.07) is 0. The van der Waals surface area contributed by atoms with Crippen molar-refractivity contribution in [2.75, 3.05) is 46.4 Å². The van der Waals surface area contributed by atoms with E-state index in [1.165, 1.54) is 0 Å². The van der Waals surface area contributed by atoms with E-state index in [1.807, 2.05) is 32.6 Å². The number of carbonyl (C=O) groups is 1. The molecule has 118 valence electrons. The Morgan fingerprint density at radius 1 is 1.15 bits per heavy atom. The highest BCUT2D eigenvalue weighted by atomic mass is 16.5. The molecule has 0 aromatic carbocycles. The molecule has 5 nitrogen and oxygen atoms in total. The number of rotatable bonds is 5. The number of carbonyl (C=O) groups excluding carboxylic acids is 1. The molecule has 1 amide bonds. The number of methoxy groups -OCH3 is 1. The van der Waals surface area contributed by atoms with Crippen LogP contribution in [0.5, 0.6) is 0 Å². The zero-order chi connectivity index (χ0) is 15.4. The average Bonchev–Trinajstić information content (AvgIpc) is 2.59. The molecular weight excluding hydrogens is 254 g/mol. The summed E-state index contributed by atoms with van der Waals surface area (Å²) < 4.78 is 5.12. The second kappa shape index (κ2) is 6.87. The molecule has 1 aliphatic rings. The van der Waals surface area contributed by atoms with Crippen LogP contribution in [0.4, 0.5) is 0 Å². The Morgan fingerprint density at radius 3 is 2.35 bits per heavy atom. The minimum atomic E-state index is -0.547. The first kappa shape index (κ1) is 17.4. The van der Waals surface area contributed by atoms with Gasteiger partial charge < -0.3 is 15.4 Å². The molecule has 0 bridgehead atoms. The zero-order valence-electron chi connectivity index (χ0n) is 13.7. The largest absolute Gasteiger partial charge is 0.383 e. The molecule has 0 unspecified atom stereocenters. The Balaban J connectivity index is 2.63. The van der Waals surface area contributed by atoms with E-state index >= 15 is 0 Å². The fourth-order valence-corrected chi connectivity index (χ4v) is 2.29. The standard InChI is InChI=1S/C15H31N3O2/c1-14(2,15(3,4)16)13(19)18-8-6-7-17(9-10-18)11-12-20-5/h6-12,16H2,1-5H3. The number of ether oxygens (including phenoxy) is 1. The first-order chi connectivity index (χ1) is 9.20. The molecule has 1 saturated heterocycles. The Bertz CT molecular complexity index is 324. The smallest absolute Gasteiger partial charge is 0.230 e. The van der Waals surface area contributed by atoms with Crippen LogP contribution in [0.25, 0.3) is 0 Å². The lowest BCUT2D eigenvalue weighted by Crippen LogP contribution is -2.57. The van der Waals surface area contributed by atoms with Crippen molar-refractivity contribution in [2.24, 2.45) is 11.1 Å². The lowest BCUT2D eigenvalue weighted by Gasteiger charge is -2.40. The summed E-state index contributed by atoms with van der Waals surface area (Å²) in [4.78, 5) is 17.1. The van der Waals surface area contributed by atoms with Crippen LogP contribution in [0.1, 0.15) is 34.1 Å². The van der Waals surface area contributed by atoms with E-state index in [0.29, 0.717) is 0 Å². The lowest BCUT2D eigenvalue weighted by atomic mass is 9.74. The molecule has 1 aliphatic heterocycles. The SMILES string of the molecule is COCCN1CCCN(C(=O)C(C)(C)C(C)(C)N)CC1. The Labute approximate surface area is 123 Å². The van der Waals surface area contributed by atoms with Crippen LogP contribution in [0.3, 0.4) is 0 Å². The summed E-state index contributed by atoms with van der Waals surface area (Å²) in [6.07, 6.45) is 1.01. The topological polar surface area (TPSA) is 58.8 Å². The molecule has 0 aromatic heterocycles. The molecule has 0 aromatic rings. The number of nitrogens with zero attached hydrogens (tertiary/aromatic N) is 2. The fourth-order valence-electron chi connectivity index (χ4n) is 2.29. The first-order valence-electron chi connectivity index (χ1n) is 7.49. The van der Waals surface area contributed by atoms with Gasteiger partial charge in [-0.15, -0.1) is 0 Å². The summed E-state index contributed by atoms with van der Waals surface area (Å²) in [5.41, 5.74) is 5.11. The minimum absolute atomic E-state index is 0.165. The Morgan fingerprint density at radius 2 is 1.80 bits per heavy atom. The van der Waals surface area contributed by atoms with E-state index in [2.05, 4.69) is 4.90 Å². The van der Waals surface area contributed by atoms with E-state index in [0.717, 1.165) is 45.8 Å². The predicted octanol–water partition coefficient (Wildman–Crippen LogP) is 0.931. The van der Waals surface area contributed by atoms with Crippen LogP contribution in [-0.4, -0.2) is 67.7 Å². The third-order valence-electron chi connectivity index (χ3n) is 4.63. The second-order valence-corrected chi connectivity index (χ2v) is 6.83. The van der Waals surface area contributed by atoms with Gasteiger partial charge in [-0.1, -0.05) is 0 Å². The maximum Gasteiger partial charge on any atom is 0.230 e. The fraction of sp³-hybridized carbons (Fsp3) is 0.933. The number of hydrogen-bond acceptors (Lipinski definition) is 4. The van der Waals surface area contributed by atoms with Crippen molar-refractivity contribution in [1.29, 1.82) is 0 Å². The van der Waals surface area contributed by atoms with Gasteiger partial charge in [-0.3, -0.25) is 9.69 Å². The molecule has 1 rings (SSSR count). The number of hydrogen-bond donors (Lipinski definition) is 1. The lowest BCUT2D eigenvalue weighted by molar-refractivity contribution is -0.143. The molecule has 0 saturated carbocycles. The van der Waals surface area contributed by atoms with E-state index < -0.39 is 11.0 Å². The van der Waals surface area contributed by atoms with E-state index in [1.54, 1.807) is 7.11 Å². The molecule has 2 N–H and O–H groups in total. The van der Waals surface area contributed by atoms with Crippen LogP contribution in [0.15, 0.2) is 0 Å². The van der Waals surface area contributed by atoms with Gasteiger partial charge in [-0.25, -0.2) is 0 Å². The van der Waals surface area contributed by atoms with Crippen molar-refractivity contribution >= 4 is 5.91 Å². The van der Waals surface area contributed by atoms with Crippen molar-refractivity contribution in [3.8, 4) is 0 Å². The molecule has 0 spiro atoms. The van der Waals surface area contributed by atoms with Gasteiger partial charge in [0.25, 0.3) is 0 Å². The third kappa shape index (κ3) is 4.17. The van der Waals surface area contributed by atoms with E-state index in [-0.39, 0.29) is 5.91 Å². The quantitative estimate of drug-likeness (QED) is 0.816. The average molecular weight is 285 g/mol. The van der Waals surface area contributed by atoms with Gasteiger partial charge >= 0.3 is 0 Å². The van der Waals surface area contributed by atoms with Crippen LogP contribution >= 0.6 is 0 Å². The third-order valence-corrected chi connectivity index (χ3v) is 4.63. The normalized spacial score (nSPS) is 19.0. The van der Waals surface area contributed by atoms with Crippen molar-refractivity contribution in [3.05, 3.63) is 0 Å². The van der Waals surface area contributed by atoms with E-state index in [4.69, 9.17) is 10.5 Å². The maximum atomic E-state index is 12.7. The van der Waals surface area contributed by atoms with Crippen LogP contribution in [0.2, 0.25) is 0 Å². The van der Waals surface area contributed by atoms with Gasteiger partial charge in [0, 0.05) is 38.8 Å². The highest BCUT2D eigenvalue weighted by Crippen LogP contribution is 2.30. The summed E-state index contributed by atoms with van der Waals surface area (Å²) in [5.74, 6) is 0.165. The van der Waals surface area contributed by atoms with Gasteiger partial charge in [0.05, 0.1) is 12.0 Å². The van der Waals surface area contributed by atoms with Crippen molar-refractivity contribution in [1.82, 2.24) is 9.80 Å². The maximum absolute atomic E-state index is 12.7. The minimum Gasteiger partial charge on any atom is -0.383 e. The second-order valence-electron chi connectivity index (χ2n) is 6.83. The predicted molar refractivity (Wildman–Crippen MR) is 81.6 cm³/mol. The summed E-state index contributed by atoms with van der Waals surface area (Å²) >= 11 is 0. The van der Waals surface area contributed by atoms with Crippen molar-refractivity contribution < 1.29 is 9.53 Å². The van der Waals surface area contributed by atoms with Gasteiger partial charge in [0.2, 0.25) is 5.91 Å². The Hall–Kier alpha value is -0.650. The molecule has 1 fully saturated rings. The summed E-state index contributed by atoms with van der Waals surface area (Å²) in [7, 11) is 1.72. The van der Waals surface area contributed by atoms with Crippen molar-refractivity contribution in [3.63, 3.8) is 0 Å². The first-order valence-corrected chi connectivity index (χ1v) is 7.49. The zero-order valence-corrected chi connectivity index (χ0v) is 13.7. The molecule has 1 heterocycles. The van der Waals surface area contributed by atoms with Gasteiger partial charge in [0.1, 0.15) is 0 Å². The van der Waals surface area contributed by atoms with Gasteiger partial charge in [-0.2, -0.15) is 0 Å². The summed E-state index contributed by atoms with van der Waals surface area (Å²) in [6.45, 7) is 13.0. The molecular formula is C15H31N3O2.